The number of carbonyl (C=O) groups excluding carboxylic acids is 2. The first-order valence-electron chi connectivity index (χ1n) is 21.4. The number of aliphatic carboxylic acids is 1. The second-order valence-electron chi connectivity index (χ2n) is 20.8. The van der Waals surface area contributed by atoms with Crippen LogP contribution in [0.3, 0.4) is 0 Å². The van der Waals surface area contributed by atoms with E-state index in [4.69, 9.17) is 22.1 Å². The number of ether oxygens (including phenoxy) is 1. The largest absolute Gasteiger partial charge is 0.481 e. The van der Waals surface area contributed by atoms with E-state index in [1.54, 1.807) is 36.9 Å². The molecule has 8 atom stereocenters. The van der Waals surface area contributed by atoms with Gasteiger partial charge in [-0.1, -0.05) is 60.1 Å². The van der Waals surface area contributed by atoms with E-state index in [0.29, 0.717) is 47.8 Å². The fourth-order valence-electron chi connectivity index (χ4n) is 14.1. The van der Waals surface area contributed by atoms with Crippen LogP contribution >= 0.6 is 11.6 Å². The molecule has 0 aliphatic heterocycles. The van der Waals surface area contributed by atoms with Crippen molar-refractivity contribution < 1.29 is 24.2 Å². The van der Waals surface area contributed by atoms with Crippen molar-refractivity contribution in [1.29, 1.82) is 0 Å². The molecule has 4 fully saturated rings. The van der Waals surface area contributed by atoms with E-state index in [1.165, 1.54) is 5.57 Å². The average Bonchev–Trinajstić information content (AvgIpc) is 3.56. The first-order valence-corrected chi connectivity index (χ1v) is 21.7. The third kappa shape index (κ3) is 5.98. The smallest absolute Gasteiger partial charge is 0.309 e. The van der Waals surface area contributed by atoms with Gasteiger partial charge in [-0.2, -0.15) is 4.68 Å². The number of esters is 1. The number of rotatable bonds is 9. The molecule has 0 bridgehead atoms. The van der Waals surface area contributed by atoms with Gasteiger partial charge in [-0.05, 0) is 135 Å². The number of nitrogens with two attached hydrogens (primary N) is 1. The summed E-state index contributed by atoms with van der Waals surface area (Å²) in [6, 6.07) is 3.51. The van der Waals surface area contributed by atoms with Crippen LogP contribution in [0, 0.1) is 57.7 Å². The normalized spacial score (nSPS) is 34.7. The van der Waals surface area contributed by atoms with Crippen LogP contribution in [0.4, 0.5) is 0 Å². The molecule has 0 amide bonds. The monoisotopic (exact) mass is 804 g/mol. The molecule has 7 rings (SSSR count). The number of hydrogen-bond donors (Lipinski definition) is 2. The predicted molar refractivity (Wildman–Crippen MR) is 221 cm³/mol. The SMILES string of the molecule is Cc1c([C@@]23CC[C@]4(C)[C@H](CC[C@@H]5[C@@]6(C)CC[C@H](OC(=O)CC(C)(C)C(=O)O)C(C)(C)[C@@H]6CC[C@]54C)C2=C(C(C)C)C(=O)C3)n(CCN)n(-c2ccc(Cl)cn2)c1=O. The van der Waals surface area contributed by atoms with Crippen LogP contribution in [0.2, 0.25) is 5.02 Å². The molecule has 2 aromatic rings. The number of hydrogen-bond acceptors (Lipinski definition) is 7. The molecule has 5 aliphatic carbocycles. The maximum atomic E-state index is 14.5. The van der Waals surface area contributed by atoms with Crippen molar-refractivity contribution in [3.05, 3.63) is 56.1 Å². The second-order valence-corrected chi connectivity index (χ2v) is 21.3. The maximum absolute atomic E-state index is 14.5. The molecule has 2 heterocycles. The fraction of sp³-hybridized carbons (Fsp3) is 0.717. The number of Topliss-reactive ketones (excluding diaryl/α,β-unsaturated/α-hetero) is 1. The van der Waals surface area contributed by atoms with Crippen molar-refractivity contribution in [2.75, 3.05) is 6.54 Å². The van der Waals surface area contributed by atoms with Crippen molar-refractivity contribution in [3.63, 3.8) is 0 Å². The van der Waals surface area contributed by atoms with Gasteiger partial charge < -0.3 is 15.6 Å². The molecule has 2 aromatic heterocycles. The lowest BCUT2D eigenvalue weighted by molar-refractivity contribution is -0.232. The maximum Gasteiger partial charge on any atom is 0.309 e. The van der Waals surface area contributed by atoms with Crippen LogP contribution in [-0.2, 0) is 31.1 Å². The molecule has 11 heteroatoms. The minimum Gasteiger partial charge on any atom is -0.481 e. The van der Waals surface area contributed by atoms with Crippen molar-refractivity contribution in [3.8, 4) is 5.82 Å². The number of aromatic nitrogens is 3. The van der Waals surface area contributed by atoms with Gasteiger partial charge in [0, 0.05) is 35.6 Å². The van der Waals surface area contributed by atoms with Gasteiger partial charge in [0.05, 0.1) is 29.1 Å². The molecular formula is C46H65ClN4O6. The van der Waals surface area contributed by atoms with Gasteiger partial charge >= 0.3 is 11.9 Å². The number of carboxylic acid groups (broad SMARTS) is 1. The fourth-order valence-corrected chi connectivity index (χ4v) is 14.2. The molecule has 0 saturated heterocycles. The zero-order chi connectivity index (χ0) is 41.8. The van der Waals surface area contributed by atoms with E-state index < -0.39 is 22.8 Å². The lowest BCUT2D eigenvalue weighted by atomic mass is 9.33. The van der Waals surface area contributed by atoms with Gasteiger partial charge in [-0.25, -0.2) is 4.98 Å². The topological polar surface area (TPSA) is 147 Å². The summed E-state index contributed by atoms with van der Waals surface area (Å²) >= 11 is 6.23. The highest BCUT2D eigenvalue weighted by molar-refractivity contribution is 6.30. The Morgan fingerprint density at radius 2 is 1.70 bits per heavy atom. The minimum absolute atomic E-state index is 0.00964. The lowest BCUT2D eigenvalue weighted by Gasteiger charge is -2.72. The Balaban J connectivity index is 1.28. The van der Waals surface area contributed by atoms with Gasteiger partial charge in [-0.3, -0.25) is 23.9 Å². The summed E-state index contributed by atoms with van der Waals surface area (Å²) in [5.74, 6) is 0.248. The van der Waals surface area contributed by atoms with E-state index in [0.717, 1.165) is 62.6 Å². The Bertz CT molecular complexity index is 2080. The van der Waals surface area contributed by atoms with E-state index in [9.17, 15) is 24.3 Å². The number of carbonyl (C=O) groups is 3. The van der Waals surface area contributed by atoms with Crippen LogP contribution < -0.4 is 11.3 Å². The number of fused-ring (bicyclic) bond motifs is 7. The Kier molecular flexibility index (Phi) is 10.2. The number of ketones is 1. The van der Waals surface area contributed by atoms with E-state index in [-0.39, 0.29) is 57.4 Å². The Labute approximate surface area is 343 Å². The van der Waals surface area contributed by atoms with Crippen molar-refractivity contribution >= 4 is 29.3 Å². The number of nitrogens with zero attached hydrogens (tertiary/aromatic N) is 3. The first kappa shape index (κ1) is 41.9. The minimum atomic E-state index is -1.18. The van der Waals surface area contributed by atoms with Crippen molar-refractivity contribution in [1.82, 2.24) is 14.3 Å². The lowest BCUT2D eigenvalue weighted by Crippen LogP contribution is -2.66. The van der Waals surface area contributed by atoms with Crippen LogP contribution in [0.1, 0.15) is 138 Å². The van der Waals surface area contributed by atoms with Gasteiger partial charge in [0.15, 0.2) is 11.6 Å². The first-order chi connectivity index (χ1) is 26.5. The highest BCUT2D eigenvalue weighted by atomic mass is 35.5. The Morgan fingerprint density at radius 1 is 1.00 bits per heavy atom. The molecular weight excluding hydrogens is 740 g/mol. The third-order valence-corrected chi connectivity index (χ3v) is 17.1. The van der Waals surface area contributed by atoms with Gasteiger partial charge in [-0.15, -0.1) is 0 Å². The van der Waals surface area contributed by atoms with Crippen LogP contribution in [0.5, 0.6) is 0 Å². The molecule has 0 unspecified atom stereocenters. The molecule has 3 N–H and O–H groups in total. The van der Waals surface area contributed by atoms with Crippen LogP contribution in [-0.4, -0.2) is 49.8 Å². The molecule has 10 nitrogen and oxygen atoms in total. The van der Waals surface area contributed by atoms with E-state index in [1.807, 2.05) is 11.6 Å². The highest BCUT2D eigenvalue weighted by Gasteiger charge is 2.71. The third-order valence-electron chi connectivity index (χ3n) is 16.9. The zero-order valence-corrected chi connectivity index (χ0v) is 36.6. The summed E-state index contributed by atoms with van der Waals surface area (Å²) in [6.07, 6.45) is 8.99. The average molecular weight is 806 g/mol. The summed E-state index contributed by atoms with van der Waals surface area (Å²) in [6.45, 7) is 22.2. The molecule has 57 heavy (non-hydrogen) atoms. The number of carboxylic acids is 1. The Hall–Kier alpha value is -3.24. The molecule has 0 radical (unpaired) electrons. The molecule has 0 aromatic carbocycles. The molecule has 0 spiro atoms. The summed E-state index contributed by atoms with van der Waals surface area (Å²) in [4.78, 5) is 58.4. The van der Waals surface area contributed by atoms with Crippen LogP contribution in [0.15, 0.2) is 34.3 Å². The molecule has 5 aliphatic rings. The summed E-state index contributed by atoms with van der Waals surface area (Å²) in [5.41, 5.74) is 7.81. The van der Waals surface area contributed by atoms with Crippen LogP contribution in [0.25, 0.3) is 5.82 Å². The Morgan fingerprint density at radius 3 is 2.32 bits per heavy atom. The van der Waals surface area contributed by atoms with Crippen molar-refractivity contribution in [2.24, 2.45) is 56.5 Å². The number of pyridine rings is 1. The highest BCUT2D eigenvalue weighted by Crippen LogP contribution is 2.77. The predicted octanol–water partition coefficient (Wildman–Crippen LogP) is 8.60. The standard InChI is InChI=1S/C46H65ClN4O6/c1-26(2)36-30(52)23-46(38-27(3)39(54)51(50(38)22-21-48)34-14-11-28(47)25-49-34)20-19-44(9)29(37(36)46)12-13-32-43(8)17-16-33(57-35(53)24-41(4,5)40(55)56)42(6,7)31(43)15-18-45(32,44)10/h11,14,25-26,29,31-33H,12-13,15-24,48H2,1-10H3,(H,55,56)/t29-,31+,32-,33+,43+,44-,45-,46-/m1/s1. The molecule has 312 valence electrons. The second kappa shape index (κ2) is 13.9. The summed E-state index contributed by atoms with van der Waals surface area (Å²) < 4.78 is 9.87. The van der Waals surface area contributed by atoms with E-state index in [2.05, 4.69) is 53.5 Å². The number of allylic oxidation sites excluding steroid dienone is 2. The van der Waals surface area contributed by atoms with Gasteiger partial charge in [0.2, 0.25) is 0 Å². The summed E-state index contributed by atoms with van der Waals surface area (Å²) in [5, 5.41) is 10.1. The van der Waals surface area contributed by atoms with E-state index >= 15 is 0 Å². The quantitative estimate of drug-likeness (QED) is 0.240. The summed E-state index contributed by atoms with van der Waals surface area (Å²) in [7, 11) is 0. The zero-order valence-electron chi connectivity index (χ0n) is 35.9. The molecule has 4 saturated carbocycles. The van der Waals surface area contributed by atoms with Gasteiger partial charge in [0.1, 0.15) is 6.10 Å². The van der Waals surface area contributed by atoms with Gasteiger partial charge in [0.25, 0.3) is 5.56 Å². The number of halogens is 1. The van der Waals surface area contributed by atoms with Crippen molar-refractivity contribution in [2.45, 2.75) is 152 Å².